The van der Waals surface area contributed by atoms with Gasteiger partial charge in [0.2, 0.25) is 17.7 Å². The number of nitrogens with zero attached hydrogens (tertiary/aromatic N) is 3. The monoisotopic (exact) mass is 394 g/mol. The van der Waals surface area contributed by atoms with E-state index in [2.05, 4.69) is 5.32 Å². The van der Waals surface area contributed by atoms with Gasteiger partial charge in [0.1, 0.15) is 6.04 Å². The lowest BCUT2D eigenvalue weighted by Crippen LogP contribution is -2.59. The van der Waals surface area contributed by atoms with E-state index in [1.54, 1.807) is 11.8 Å². The molecule has 2 unspecified atom stereocenters. The predicted molar refractivity (Wildman–Crippen MR) is 104 cm³/mol. The van der Waals surface area contributed by atoms with Gasteiger partial charge >= 0.3 is 0 Å². The van der Waals surface area contributed by atoms with Crippen LogP contribution in [0.1, 0.15) is 38.5 Å². The summed E-state index contributed by atoms with van der Waals surface area (Å²) in [6.45, 7) is 3.28. The highest BCUT2D eigenvalue weighted by atomic mass is 32.2. The van der Waals surface area contributed by atoms with Crippen LogP contribution in [0.4, 0.5) is 0 Å². The first-order valence-electron chi connectivity index (χ1n) is 10.3. The van der Waals surface area contributed by atoms with Crippen LogP contribution in [-0.4, -0.2) is 88.9 Å². The Bertz CT molecular complexity index is 596. The van der Waals surface area contributed by atoms with Crippen LogP contribution in [0.15, 0.2) is 0 Å². The van der Waals surface area contributed by atoms with E-state index >= 15 is 0 Å². The Labute approximate surface area is 165 Å². The largest absolute Gasteiger partial charge is 0.339 e. The zero-order valence-corrected chi connectivity index (χ0v) is 16.7. The van der Waals surface area contributed by atoms with Crippen LogP contribution in [0.5, 0.6) is 0 Å². The summed E-state index contributed by atoms with van der Waals surface area (Å²) in [5.74, 6) is 1.85. The van der Waals surface area contributed by atoms with Crippen molar-refractivity contribution >= 4 is 29.5 Å². The summed E-state index contributed by atoms with van der Waals surface area (Å²) in [6, 6.07) is -0.203. The van der Waals surface area contributed by atoms with Crippen molar-refractivity contribution in [1.82, 2.24) is 20.0 Å². The summed E-state index contributed by atoms with van der Waals surface area (Å²) in [5.41, 5.74) is 0. The highest BCUT2D eigenvalue weighted by molar-refractivity contribution is 7.99. The molecule has 1 N–H and O–H groups in total. The normalized spacial score (nSPS) is 30.2. The van der Waals surface area contributed by atoms with Crippen molar-refractivity contribution in [3.63, 3.8) is 0 Å². The highest BCUT2D eigenvalue weighted by Crippen LogP contribution is 2.31. The first-order chi connectivity index (χ1) is 13.1. The minimum atomic E-state index is -0.319. The quantitative estimate of drug-likeness (QED) is 0.755. The molecule has 150 valence electrons. The van der Waals surface area contributed by atoms with Gasteiger partial charge in [-0.2, -0.15) is 0 Å². The van der Waals surface area contributed by atoms with E-state index in [1.165, 1.54) is 0 Å². The zero-order valence-electron chi connectivity index (χ0n) is 15.9. The summed E-state index contributed by atoms with van der Waals surface area (Å²) in [6.07, 6.45) is 6.07. The molecule has 3 heterocycles. The lowest BCUT2D eigenvalue weighted by atomic mass is 10.0. The Morgan fingerprint density at radius 2 is 1.85 bits per heavy atom. The number of amides is 3. The second kappa shape index (κ2) is 8.39. The lowest BCUT2D eigenvalue weighted by molar-refractivity contribution is -0.148. The molecule has 4 aliphatic rings. The number of carbonyl (C=O) groups is 3. The number of hydrogen-bond acceptors (Lipinski definition) is 5. The molecule has 27 heavy (non-hydrogen) atoms. The maximum absolute atomic E-state index is 13.2. The number of rotatable bonds is 3. The molecule has 3 amide bonds. The van der Waals surface area contributed by atoms with Gasteiger partial charge < -0.3 is 20.0 Å². The fraction of sp³-hybridized carbons (Fsp3) is 0.842. The lowest BCUT2D eigenvalue weighted by Gasteiger charge is -2.42. The van der Waals surface area contributed by atoms with E-state index in [1.807, 2.05) is 14.7 Å². The summed E-state index contributed by atoms with van der Waals surface area (Å²) in [4.78, 5) is 44.0. The molecule has 0 bridgehead atoms. The molecule has 0 aromatic heterocycles. The third kappa shape index (κ3) is 3.97. The van der Waals surface area contributed by atoms with Crippen molar-refractivity contribution in [2.24, 2.45) is 5.92 Å². The second-order valence-electron chi connectivity index (χ2n) is 8.15. The van der Waals surface area contributed by atoms with E-state index < -0.39 is 0 Å². The standard InChI is InChI=1S/C19H30N4O3S/c24-17-10-20-7-9-22(17)15-6-3-8-21(11-15)19(26)16-12-27-13-23(16)18(25)14-4-1-2-5-14/h14-16,20H,1-13H2. The van der Waals surface area contributed by atoms with Crippen molar-refractivity contribution in [3.05, 3.63) is 0 Å². The molecule has 7 nitrogen and oxygen atoms in total. The van der Waals surface area contributed by atoms with E-state index in [4.69, 9.17) is 0 Å². The molecule has 3 aliphatic heterocycles. The number of nitrogens with one attached hydrogen (secondary N) is 1. The summed E-state index contributed by atoms with van der Waals surface area (Å²) < 4.78 is 0. The predicted octanol–water partition coefficient (Wildman–Crippen LogP) is 0.501. The minimum Gasteiger partial charge on any atom is -0.339 e. The number of thioether (sulfide) groups is 1. The number of piperazine rings is 1. The molecule has 0 radical (unpaired) electrons. The zero-order chi connectivity index (χ0) is 18.8. The molecule has 3 saturated heterocycles. The van der Waals surface area contributed by atoms with Crippen molar-refractivity contribution in [1.29, 1.82) is 0 Å². The van der Waals surface area contributed by atoms with Crippen molar-refractivity contribution in [3.8, 4) is 0 Å². The van der Waals surface area contributed by atoms with Crippen LogP contribution in [-0.2, 0) is 14.4 Å². The topological polar surface area (TPSA) is 73.0 Å². The Morgan fingerprint density at radius 1 is 1.04 bits per heavy atom. The summed E-state index contributed by atoms with van der Waals surface area (Å²) in [5, 5.41) is 3.11. The highest BCUT2D eigenvalue weighted by Gasteiger charge is 2.41. The maximum Gasteiger partial charge on any atom is 0.246 e. The molecule has 1 saturated carbocycles. The maximum atomic E-state index is 13.2. The summed E-state index contributed by atoms with van der Waals surface area (Å²) in [7, 11) is 0. The Kier molecular flexibility index (Phi) is 5.92. The Morgan fingerprint density at radius 3 is 2.63 bits per heavy atom. The Balaban J connectivity index is 1.40. The molecule has 2 atom stereocenters. The van der Waals surface area contributed by atoms with E-state index in [-0.39, 0.29) is 35.7 Å². The van der Waals surface area contributed by atoms with E-state index in [0.717, 1.165) is 58.2 Å². The van der Waals surface area contributed by atoms with Gasteiger partial charge in [-0.1, -0.05) is 12.8 Å². The van der Waals surface area contributed by atoms with Crippen LogP contribution < -0.4 is 5.32 Å². The van der Waals surface area contributed by atoms with Crippen molar-refractivity contribution in [2.75, 3.05) is 44.4 Å². The first kappa shape index (κ1) is 19.1. The van der Waals surface area contributed by atoms with Gasteiger partial charge in [-0.25, -0.2) is 0 Å². The SMILES string of the molecule is O=C(C1CSCN1C(=O)C1CCCC1)N1CCCC(N2CCNCC2=O)C1. The van der Waals surface area contributed by atoms with Crippen molar-refractivity contribution < 1.29 is 14.4 Å². The molecule has 4 fully saturated rings. The third-order valence-corrected chi connectivity index (χ3v) is 7.44. The fourth-order valence-corrected chi connectivity index (χ4v) is 6.05. The average molecular weight is 395 g/mol. The summed E-state index contributed by atoms with van der Waals surface area (Å²) >= 11 is 1.68. The number of carbonyl (C=O) groups excluding carboxylic acids is 3. The Hall–Kier alpha value is -1.28. The number of piperidine rings is 1. The molecule has 0 spiro atoms. The fourth-order valence-electron chi connectivity index (χ4n) is 4.90. The second-order valence-corrected chi connectivity index (χ2v) is 9.15. The van der Waals surface area contributed by atoms with Gasteiger partial charge in [0, 0.05) is 43.9 Å². The van der Waals surface area contributed by atoms with Crippen LogP contribution in [0.3, 0.4) is 0 Å². The number of likely N-dealkylation sites (tertiary alicyclic amines) is 1. The van der Waals surface area contributed by atoms with Gasteiger partial charge in [0.15, 0.2) is 0 Å². The van der Waals surface area contributed by atoms with Crippen molar-refractivity contribution in [2.45, 2.75) is 50.6 Å². The molecule has 1 aliphatic carbocycles. The van der Waals surface area contributed by atoms with Crippen LogP contribution in [0.25, 0.3) is 0 Å². The van der Waals surface area contributed by atoms with Gasteiger partial charge in [0.25, 0.3) is 0 Å². The van der Waals surface area contributed by atoms with Gasteiger partial charge in [0.05, 0.1) is 12.4 Å². The molecule has 4 rings (SSSR count). The van der Waals surface area contributed by atoms with Crippen LogP contribution >= 0.6 is 11.8 Å². The minimum absolute atomic E-state index is 0.0821. The average Bonchev–Trinajstić information content (AvgIpc) is 3.39. The van der Waals surface area contributed by atoms with Gasteiger partial charge in [-0.3, -0.25) is 14.4 Å². The van der Waals surface area contributed by atoms with E-state index in [9.17, 15) is 14.4 Å². The number of hydrogen-bond donors (Lipinski definition) is 1. The molecule has 0 aromatic carbocycles. The van der Waals surface area contributed by atoms with Gasteiger partial charge in [-0.05, 0) is 25.7 Å². The van der Waals surface area contributed by atoms with Crippen LogP contribution in [0, 0.1) is 5.92 Å². The molecule has 8 heteroatoms. The van der Waals surface area contributed by atoms with E-state index in [0.29, 0.717) is 24.7 Å². The van der Waals surface area contributed by atoms with Gasteiger partial charge in [-0.15, -0.1) is 11.8 Å². The molecular weight excluding hydrogens is 364 g/mol. The first-order valence-corrected chi connectivity index (χ1v) is 11.5. The molecular formula is C19H30N4O3S. The smallest absolute Gasteiger partial charge is 0.246 e. The third-order valence-electron chi connectivity index (χ3n) is 6.43. The molecule has 0 aromatic rings. The van der Waals surface area contributed by atoms with Crippen LogP contribution in [0.2, 0.25) is 0 Å².